The minimum atomic E-state index is -0.994. The second-order valence-electron chi connectivity index (χ2n) is 4.18. The van der Waals surface area contributed by atoms with E-state index in [-0.39, 0.29) is 5.56 Å². The molecule has 0 amide bonds. The maximum Gasteiger partial charge on any atom is 0.336 e. The first-order valence-corrected chi connectivity index (χ1v) is 6.08. The molecule has 19 heavy (non-hydrogen) atoms. The molecule has 0 unspecified atom stereocenters. The number of carbonyl (C=O) groups is 1. The number of benzene rings is 2. The maximum atomic E-state index is 11.3. The molecule has 1 N–H and O–H groups in total. The fourth-order valence-corrected chi connectivity index (χ4v) is 2.16. The van der Waals surface area contributed by atoms with Crippen molar-refractivity contribution in [1.29, 1.82) is 0 Å². The molecule has 0 saturated carbocycles. The summed E-state index contributed by atoms with van der Waals surface area (Å²) in [6, 6.07) is 10.4. The highest BCUT2D eigenvalue weighted by Gasteiger charge is 2.13. The summed E-state index contributed by atoms with van der Waals surface area (Å²) in [5, 5.41) is 9.65. The minimum absolute atomic E-state index is 0.192. The van der Waals surface area contributed by atoms with Crippen molar-refractivity contribution in [3.63, 3.8) is 0 Å². The lowest BCUT2D eigenvalue weighted by Crippen LogP contribution is -1.99. The van der Waals surface area contributed by atoms with Gasteiger partial charge in [-0.15, -0.1) is 0 Å². The molecular weight excluding hydrogens is 264 g/mol. The van der Waals surface area contributed by atoms with Crippen molar-refractivity contribution < 1.29 is 14.6 Å². The quantitative estimate of drug-likeness (QED) is 0.921. The highest BCUT2D eigenvalue weighted by atomic mass is 35.5. The Balaban J connectivity index is 2.58. The molecule has 0 aliphatic heterocycles. The summed E-state index contributed by atoms with van der Waals surface area (Å²) in [6.07, 6.45) is 0. The lowest BCUT2D eigenvalue weighted by Gasteiger charge is -2.10. The molecule has 0 heterocycles. The third-order valence-corrected chi connectivity index (χ3v) is 3.15. The van der Waals surface area contributed by atoms with E-state index in [0.29, 0.717) is 10.6 Å². The van der Waals surface area contributed by atoms with E-state index in [1.54, 1.807) is 19.2 Å². The molecule has 3 nitrogen and oxygen atoms in total. The van der Waals surface area contributed by atoms with Crippen LogP contribution in [0.1, 0.15) is 15.9 Å². The Morgan fingerprint density at radius 1 is 1.21 bits per heavy atom. The van der Waals surface area contributed by atoms with Crippen LogP contribution in [-0.4, -0.2) is 18.2 Å². The molecule has 98 valence electrons. The molecule has 0 spiro atoms. The van der Waals surface area contributed by atoms with Crippen molar-refractivity contribution in [3.05, 3.63) is 52.5 Å². The fourth-order valence-electron chi connectivity index (χ4n) is 1.99. The second kappa shape index (κ2) is 5.33. The first-order valence-electron chi connectivity index (χ1n) is 5.71. The summed E-state index contributed by atoms with van der Waals surface area (Å²) >= 11 is 5.84. The van der Waals surface area contributed by atoms with Crippen LogP contribution in [0.3, 0.4) is 0 Å². The smallest absolute Gasteiger partial charge is 0.336 e. The highest BCUT2D eigenvalue weighted by molar-refractivity contribution is 6.31. The summed E-state index contributed by atoms with van der Waals surface area (Å²) in [7, 11) is 1.60. The molecule has 2 aromatic carbocycles. The van der Waals surface area contributed by atoms with Crippen LogP contribution in [0.15, 0.2) is 36.4 Å². The van der Waals surface area contributed by atoms with E-state index in [4.69, 9.17) is 16.3 Å². The fraction of sp³-hybridized carbons (Fsp3) is 0.133. The van der Waals surface area contributed by atoms with Crippen LogP contribution >= 0.6 is 11.6 Å². The van der Waals surface area contributed by atoms with Crippen LogP contribution in [0.2, 0.25) is 5.02 Å². The third-order valence-electron chi connectivity index (χ3n) is 2.92. The third kappa shape index (κ3) is 2.71. The van der Waals surface area contributed by atoms with Gasteiger partial charge in [0.1, 0.15) is 5.75 Å². The van der Waals surface area contributed by atoms with E-state index in [1.807, 2.05) is 25.1 Å². The van der Waals surface area contributed by atoms with Gasteiger partial charge in [0.05, 0.1) is 12.7 Å². The molecule has 0 aliphatic rings. The molecule has 4 heteroatoms. The standard InChI is InChI=1S/C15H13ClO3/c1-9-7-10(3-6-14(9)19-2)12-5-4-11(16)8-13(12)15(17)18/h3-8H,1-2H3,(H,17,18). The van der Waals surface area contributed by atoms with Gasteiger partial charge in [0.2, 0.25) is 0 Å². The zero-order valence-corrected chi connectivity index (χ0v) is 11.4. The molecular formula is C15H13ClO3. The van der Waals surface area contributed by atoms with Crippen molar-refractivity contribution in [1.82, 2.24) is 0 Å². The number of aryl methyl sites for hydroxylation is 1. The Hall–Kier alpha value is -2.00. The van der Waals surface area contributed by atoms with E-state index in [0.717, 1.165) is 16.9 Å². The van der Waals surface area contributed by atoms with Crippen molar-refractivity contribution in [3.8, 4) is 16.9 Å². The van der Waals surface area contributed by atoms with Crippen LogP contribution in [0, 0.1) is 6.92 Å². The number of methoxy groups -OCH3 is 1. The van der Waals surface area contributed by atoms with Gasteiger partial charge >= 0.3 is 5.97 Å². The minimum Gasteiger partial charge on any atom is -0.496 e. The van der Waals surface area contributed by atoms with Crippen molar-refractivity contribution in [2.45, 2.75) is 6.92 Å². The number of halogens is 1. The van der Waals surface area contributed by atoms with Gasteiger partial charge in [0, 0.05) is 5.02 Å². The SMILES string of the molecule is COc1ccc(-c2ccc(Cl)cc2C(=O)O)cc1C. The number of hydrogen-bond acceptors (Lipinski definition) is 2. The Labute approximate surface area is 116 Å². The van der Waals surface area contributed by atoms with Crippen molar-refractivity contribution in [2.24, 2.45) is 0 Å². The first kappa shape index (κ1) is 13.4. The molecule has 0 fully saturated rings. The molecule has 2 rings (SSSR count). The van der Waals surface area contributed by atoms with E-state index < -0.39 is 5.97 Å². The number of aromatic carboxylic acids is 1. The summed E-state index contributed by atoms with van der Waals surface area (Å²) < 4.78 is 5.20. The Morgan fingerprint density at radius 2 is 1.95 bits per heavy atom. The zero-order chi connectivity index (χ0) is 14.0. The monoisotopic (exact) mass is 276 g/mol. The summed E-state index contributed by atoms with van der Waals surface area (Å²) in [5.41, 5.74) is 2.61. The largest absolute Gasteiger partial charge is 0.496 e. The number of carboxylic acids is 1. The van der Waals surface area contributed by atoms with Crippen LogP contribution in [0.25, 0.3) is 11.1 Å². The van der Waals surface area contributed by atoms with Gasteiger partial charge in [-0.3, -0.25) is 0 Å². The molecule has 0 aromatic heterocycles. The predicted molar refractivity (Wildman–Crippen MR) is 75.1 cm³/mol. The average Bonchev–Trinajstić information content (AvgIpc) is 2.38. The van der Waals surface area contributed by atoms with Crippen molar-refractivity contribution >= 4 is 17.6 Å². The molecule has 0 aliphatic carbocycles. The first-order chi connectivity index (χ1) is 9.02. The average molecular weight is 277 g/mol. The van der Waals surface area contributed by atoms with Gasteiger partial charge in [-0.05, 0) is 47.9 Å². The second-order valence-corrected chi connectivity index (χ2v) is 4.62. The van der Waals surface area contributed by atoms with Crippen molar-refractivity contribution in [2.75, 3.05) is 7.11 Å². The number of carboxylic acid groups (broad SMARTS) is 1. The number of rotatable bonds is 3. The van der Waals surface area contributed by atoms with E-state index in [2.05, 4.69) is 0 Å². The highest BCUT2D eigenvalue weighted by Crippen LogP contribution is 2.30. The van der Waals surface area contributed by atoms with Gasteiger partial charge in [0.25, 0.3) is 0 Å². The maximum absolute atomic E-state index is 11.3. The molecule has 0 radical (unpaired) electrons. The lowest BCUT2D eigenvalue weighted by atomic mass is 9.98. The Bertz CT molecular complexity index is 635. The molecule has 2 aromatic rings. The predicted octanol–water partition coefficient (Wildman–Crippen LogP) is 4.02. The van der Waals surface area contributed by atoms with Gasteiger partial charge in [0.15, 0.2) is 0 Å². The van der Waals surface area contributed by atoms with Crippen LogP contribution < -0.4 is 4.74 Å². The van der Waals surface area contributed by atoms with E-state index in [9.17, 15) is 9.90 Å². The normalized spacial score (nSPS) is 10.3. The number of ether oxygens (including phenoxy) is 1. The molecule has 0 saturated heterocycles. The zero-order valence-electron chi connectivity index (χ0n) is 10.6. The molecule has 0 bridgehead atoms. The van der Waals surface area contributed by atoms with Gasteiger partial charge in [-0.2, -0.15) is 0 Å². The van der Waals surface area contributed by atoms with Gasteiger partial charge in [-0.1, -0.05) is 23.7 Å². The van der Waals surface area contributed by atoms with Gasteiger partial charge < -0.3 is 9.84 Å². The topological polar surface area (TPSA) is 46.5 Å². The van der Waals surface area contributed by atoms with Gasteiger partial charge in [-0.25, -0.2) is 4.79 Å². The summed E-state index contributed by atoms with van der Waals surface area (Å²) in [5.74, 6) is -0.222. The number of hydrogen-bond donors (Lipinski definition) is 1. The van der Waals surface area contributed by atoms with E-state index in [1.165, 1.54) is 6.07 Å². The summed E-state index contributed by atoms with van der Waals surface area (Å²) in [6.45, 7) is 1.92. The van der Waals surface area contributed by atoms with Crippen LogP contribution in [0.4, 0.5) is 0 Å². The van der Waals surface area contributed by atoms with Crippen LogP contribution in [-0.2, 0) is 0 Å². The molecule has 0 atom stereocenters. The summed E-state index contributed by atoms with van der Waals surface area (Å²) in [4.78, 5) is 11.3. The Kier molecular flexibility index (Phi) is 3.76. The lowest BCUT2D eigenvalue weighted by molar-refractivity contribution is 0.0697. The van der Waals surface area contributed by atoms with E-state index >= 15 is 0 Å². The van der Waals surface area contributed by atoms with Crippen LogP contribution in [0.5, 0.6) is 5.75 Å². The Morgan fingerprint density at radius 3 is 2.53 bits per heavy atom.